The Morgan fingerprint density at radius 1 is 1.19 bits per heavy atom. The topological polar surface area (TPSA) is 80.4 Å². The summed E-state index contributed by atoms with van der Waals surface area (Å²) in [6.45, 7) is 12.0. The molecule has 2 aromatic heterocycles. The number of carbonyl (C=O) groups is 1. The summed E-state index contributed by atoms with van der Waals surface area (Å²) in [5, 5.41) is 9.44. The number of hydrogen-bond acceptors (Lipinski definition) is 3. The van der Waals surface area contributed by atoms with Gasteiger partial charge >= 0.3 is 11.8 Å². The molecule has 0 bridgehead atoms. The molecule has 1 aromatic carbocycles. The molecule has 0 fully saturated rings. The molecule has 0 saturated heterocycles. The SMILES string of the molecule is CC(C)CN(CCc1cccc(-c2ccc3c(n2)n(C)c(=O)n3CC(C)(C)C)c1)C(=O)O. The smallest absolute Gasteiger partial charge is 0.407 e. The van der Waals surface area contributed by atoms with Crippen molar-refractivity contribution in [2.75, 3.05) is 13.1 Å². The van der Waals surface area contributed by atoms with E-state index in [1.165, 1.54) is 4.90 Å². The fourth-order valence-electron chi connectivity index (χ4n) is 3.92. The number of benzene rings is 1. The Bertz CT molecular complexity index is 1170. The van der Waals surface area contributed by atoms with Crippen molar-refractivity contribution in [1.82, 2.24) is 19.0 Å². The maximum atomic E-state index is 12.8. The summed E-state index contributed by atoms with van der Waals surface area (Å²) >= 11 is 0. The first-order valence-corrected chi connectivity index (χ1v) is 11.1. The van der Waals surface area contributed by atoms with E-state index in [1.54, 1.807) is 16.2 Å². The van der Waals surface area contributed by atoms with Gasteiger partial charge < -0.3 is 10.0 Å². The van der Waals surface area contributed by atoms with Crippen molar-refractivity contribution < 1.29 is 9.90 Å². The van der Waals surface area contributed by atoms with Crippen molar-refractivity contribution in [3.05, 3.63) is 52.4 Å². The number of aromatic nitrogens is 3. The van der Waals surface area contributed by atoms with E-state index < -0.39 is 6.09 Å². The van der Waals surface area contributed by atoms with Crippen LogP contribution in [0.1, 0.15) is 40.2 Å². The predicted octanol–water partition coefficient (Wildman–Crippen LogP) is 4.63. The van der Waals surface area contributed by atoms with Crippen molar-refractivity contribution in [1.29, 1.82) is 0 Å². The normalized spacial score (nSPS) is 12.0. The van der Waals surface area contributed by atoms with Gasteiger partial charge in [0, 0.05) is 32.2 Å². The number of aryl methyl sites for hydroxylation is 1. The average Bonchev–Trinajstić information content (AvgIpc) is 2.94. The van der Waals surface area contributed by atoms with E-state index in [0.717, 1.165) is 22.3 Å². The Hall–Kier alpha value is -3.09. The van der Waals surface area contributed by atoms with Gasteiger partial charge in [0.1, 0.15) is 0 Å². The molecule has 0 radical (unpaired) electrons. The van der Waals surface area contributed by atoms with E-state index in [0.29, 0.717) is 31.7 Å². The van der Waals surface area contributed by atoms with Crippen LogP contribution in [0.5, 0.6) is 0 Å². The van der Waals surface area contributed by atoms with Crippen LogP contribution in [0.2, 0.25) is 0 Å². The first-order valence-electron chi connectivity index (χ1n) is 11.1. The Morgan fingerprint density at radius 2 is 1.91 bits per heavy atom. The average molecular weight is 439 g/mol. The second-order valence-electron chi connectivity index (χ2n) is 10.1. The molecule has 0 unspecified atom stereocenters. The Kier molecular flexibility index (Phi) is 6.77. The quantitative estimate of drug-likeness (QED) is 0.583. The number of carboxylic acid groups (broad SMARTS) is 1. The molecular weight excluding hydrogens is 404 g/mol. The lowest BCUT2D eigenvalue weighted by atomic mass is 9.97. The van der Waals surface area contributed by atoms with Gasteiger partial charge in [0.25, 0.3) is 0 Å². The van der Waals surface area contributed by atoms with Crippen molar-refractivity contribution >= 4 is 17.3 Å². The second kappa shape index (κ2) is 9.18. The minimum Gasteiger partial charge on any atom is -0.465 e. The summed E-state index contributed by atoms with van der Waals surface area (Å²) in [7, 11) is 1.76. The molecule has 3 rings (SSSR count). The third-order valence-corrected chi connectivity index (χ3v) is 5.36. The van der Waals surface area contributed by atoms with Gasteiger partial charge in [0.05, 0.1) is 11.2 Å². The highest BCUT2D eigenvalue weighted by molar-refractivity contribution is 5.76. The van der Waals surface area contributed by atoms with Crippen molar-refractivity contribution in [3.63, 3.8) is 0 Å². The molecule has 32 heavy (non-hydrogen) atoms. The monoisotopic (exact) mass is 438 g/mol. The highest BCUT2D eigenvalue weighted by atomic mass is 16.4. The molecule has 0 spiro atoms. The molecule has 7 heteroatoms. The van der Waals surface area contributed by atoms with Crippen LogP contribution in [0.15, 0.2) is 41.2 Å². The van der Waals surface area contributed by atoms with E-state index in [4.69, 9.17) is 4.98 Å². The Morgan fingerprint density at radius 3 is 2.53 bits per heavy atom. The summed E-state index contributed by atoms with van der Waals surface area (Å²) in [6.07, 6.45) is -0.252. The van der Waals surface area contributed by atoms with E-state index in [1.807, 2.05) is 50.2 Å². The van der Waals surface area contributed by atoms with E-state index in [2.05, 4.69) is 20.8 Å². The lowest BCUT2D eigenvalue weighted by molar-refractivity contribution is 0.140. The first-order chi connectivity index (χ1) is 15.0. The van der Waals surface area contributed by atoms with Crippen molar-refractivity contribution in [2.45, 2.75) is 47.6 Å². The molecule has 3 aromatic rings. The van der Waals surface area contributed by atoms with Crippen LogP contribution in [-0.2, 0) is 20.0 Å². The number of nitrogens with zero attached hydrogens (tertiary/aromatic N) is 4. The standard InChI is InChI=1S/C25H34N4O3/c1-17(2)15-28(24(31)32)13-12-18-8-7-9-19(14-18)20-10-11-21-22(26-20)27(6)23(30)29(21)16-25(3,4)5/h7-11,14,17H,12-13,15-16H2,1-6H3,(H,31,32). The van der Waals surface area contributed by atoms with Crippen LogP contribution < -0.4 is 5.69 Å². The summed E-state index contributed by atoms with van der Waals surface area (Å²) < 4.78 is 3.39. The van der Waals surface area contributed by atoms with Crippen LogP contribution in [-0.4, -0.2) is 43.3 Å². The van der Waals surface area contributed by atoms with Crippen LogP contribution in [0.3, 0.4) is 0 Å². The lowest BCUT2D eigenvalue weighted by Gasteiger charge is -2.21. The molecule has 0 saturated carbocycles. The number of amides is 1. The zero-order chi connectivity index (χ0) is 23.6. The zero-order valence-corrected chi connectivity index (χ0v) is 19.9. The van der Waals surface area contributed by atoms with Crippen molar-refractivity contribution in [2.24, 2.45) is 18.4 Å². The van der Waals surface area contributed by atoms with Gasteiger partial charge in [-0.2, -0.15) is 0 Å². The largest absolute Gasteiger partial charge is 0.465 e. The number of rotatable bonds is 7. The van der Waals surface area contributed by atoms with E-state index >= 15 is 0 Å². The first kappa shape index (κ1) is 23.6. The van der Waals surface area contributed by atoms with Gasteiger partial charge in [-0.1, -0.05) is 52.8 Å². The van der Waals surface area contributed by atoms with Crippen LogP contribution >= 0.6 is 0 Å². The van der Waals surface area contributed by atoms with Crippen LogP contribution in [0, 0.1) is 11.3 Å². The molecule has 0 aliphatic carbocycles. The number of pyridine rings is 1. The predicted molar refractivity (Wildman–Crippen MR) is 128 cm³/mol. The summed E-state index contributed by atoms with van der Waals surface area (Å²) in [6, 6.07) is 11.9. The molecule has 172 valence electrons. The highest BCUT2D eigenvalue weighted by Gasteiger charge is 2.19. The highest BCUT2D eigenvalue weighted by Crippen LogP contribution is 2.24. The van der Waals surface area contributed by atoms with E-state index in [9.17, 15) is 14.7 Å². The molecule has 1 amide bonds. The molecule has 0 aliphatic rings. The summed E-state index contributed by atoms with van der Waals surface area (Å²) in [5.74, 6) is 0.283. The number of fused-ring (bicyclic) bond motifs is 1. The molecule has 1 N–H and O–H groups in total. The lowest BCUT2D eigenvalue weighted by Crippen LogP contribution is -2.34. The van der Waals surface area contributed by atoms with Gasteiger partial charge in [-0.3, -0.25) is 9.13 Å². The summed E-state index contributed by atoms with van der Waals surface area (Å²) in [4.78, 5) is 30.6. The number of imidazole rings is 1. The Balaban J connectivity index is 1.89. The van der Waals surface area contributed by atoms with Crippen molar-refractivity contribution in [3.8, 4) is 11.3 Å². The van der Waals surface area contributed by atoms with Gasteiger partial charge in [-0.25, -0.2) is 14.6 Å². The Labute approximate surface area is 189 Å². The second-order valence-corrected chi connectivity index (χ2v) is 10.1. The number of hydrogen-bond donors (Lipinski definition) is 1. The van der Waals surface area contributed by atoms with E-state index in [-0.39, 0.29) is 17.0 Å². The molecule has 0 aliphatic heterocycles. The maximum absolute atomic E-state index is 12.8. The molecule has 2 heterocycles. The van der Waals surface area contributed by atoms with Crippen LogP contribution in [0.4, 0.5) is 4.79 Å². The fourth-order valence-corrected chi connectivity index (χ4v) is 3.92. The minimum atomic E-state index is -0.886. The molecule has 0 atom stereocenters. The fraction of sp³-hybridized carbons (Fsp3) is 0.480. The van der Waals surface area contributed by atoms with Gasteiger partial charge in [-0.15, -0.1) is 0 Å². The van der Waals surface area contributed by atoms with Gasteiger partial charge in [0.15, 0.2) is 5.65 Å². The van der Waals surface area contributed by atoms with Gasteiger partial charge in [0.2, 0.25) is 0 Å². The maximum Gasteiger partial charge on any atom is 0.407 e. The third-order valence-electron chi connectivity index (χ3n) is 5.36. The van der Waals surface area contributed by atoms with Gasteiger partial charge in [-0.05, 0) is 41.5 Å². The third kappa shape index (κ3) is 5.39. The molecular formula is C25H34N4O3. The minimum absolute atomic E-state index is 0.0233. The zero-order valence-electron chi connectivity index (χ0n) is 19.9. The summed E-state index contributed by atoms with van der Waals surface area (Å²) in [5.41, 5.74) is 4.20. The molecule has 7 nitrogen and oxygen atoms in total. The van der Waals surface area contributed by atoms with Crippen LogP contribution in [0.25, 0.3) is 22.4 Å².